The first kappa shape index (κ1) is 28.1. The maximum atomic E-state index is 13.1. The summed E-state index contributed by atoms with van der Waals surface area (Å²) < 4.78 is 5.51. The molecule has 3 amide bonds. The molecule has 200 valence electrons. The van der Waals surface area contributed by atoms with E-state index < -0.39 is 16.9 Å². The van der Waals surface area contributed by atoms with Gasteiger partial charge in [0.2, 0.25) is 5.91 Å². The molecule has 0 saturated heterocycles. The zero-order valence-corrected chi connectivity index (χ0v) is 21.9. The lowest BCUT2D eigenvalue weighted by Crippen LogP contribution is -2.48. The summed E-state index contributed by atoms with van der Waals surface area (Å²) in [6, 6.07) is 11.7. The van der Waals surface area contributed by atoms with Crippen molar-refractivity contribution in [1.82, 2.24) is 10.2 Å². The van der Waals surface area contributed by atoms with Crippen molar-refractivity contribution >= 4 is 35.4 Å². The summed E-state index contributed by atoms with van der Waals surface area (Å²) in [5.74, 6) is -0.692. The largest absolute Gasteiger partial charge is 0.462 e. The Kier molecular flexibility index (Phi) is 9.37. The third-order valence-corrected chi connectivity index (χ3v) is 5.85. The highest BCUT2D eigenvalue weighted by Crippen LogP contribution is 2.32. The molecule has 0 aromatic heterocycles. The van der Waals surface area contributed by atoms with Crippen LogP contribution >= 0.6 is 0 Å². The summed E-state index contributed by atoms with van der Waals surface area (Å²) >= 11 is 0. The highest BCUT2D eigenvalue weighted by Gasteiger charge is 2.36. The van der Waals surface area contributed by atoms with Gasteiger partial charge in [-0.25, -0.2) is 9.59 Å². The number of nitrogens with one attached hydrogen (secondary N) is 2. The molecule has 0 saturated carbocycles. The zero-order valence-electron chi connectivity index (χ0n) is 21.9. The predicted octanol–water partition coefficient (Wildman–Crippen LogP) is 5.20. The van der Waals surface area contributed by atoms with E-state index in [0.29, 0.717) is 34.6 Å². The summed E-state index contributed by atoms with van der Waals surface area (Å²) in [6.45, 7) is 8.35. The molecule has 2 N–H and O–H groups in total. The molecule has 1 unspecified atom stereocenters. The molecule has 0 radical (unpaired) electrons. The first-order valence-electron chi connectivity index (χ1n) is 12.4. The van der Waals surface area contributed by atoms with Crippen molar-refractivity contribution < 1.29 is 24.0 Å². The van der Waals surface area contributed by atoms with Crippen LogP contribution in [0.3, 0.4) is 0 Å². The number of amides is 3. The molecule has 0 aliphatic carbocycles. The van der Waals surface area contributed by atoms with Crippen LogP contribution in [0.2, 0.25) is 0 Å². The van der Waals surface area contributed by atoms with Crippen LogP contribution in [-0.2, 0) is 14.3 Å². The molecule has 0 bridgehead atoms. The SMILES string of the molecule is CCCN1C(=O)NC(c2ccc(NC(=O)C=Cc3ccc([N+](=O)[O-])cc3)cc2)C(C(=O)OCC(C)C)=C1C. The normalized spacial score (nSPS) is 15.6. The van der Waals surface area contributed by atoms with E-state index in [4.69, 9.17) is 4.74 Å². The van der Waals surface area contributed by atoms with E-state index in [-0.39, 0.29) is 30.2 Å². The Morgan fingerprint density at radius 3 is 2.39 bits per heavy atom. The topological polar surface area (TPSA) is 131 Å². The van der Waals surface area contributed by atoms with Gasteiger partial charge in [-0.2, -0.15) is 0 Å². The van der Waals surface area contributed by atoms with Crippen molar-refractivity contribution in [3.8, 4) is 0 Å². The van der Waals surface area contributed by atoms with Crippen LogP contribution in [0.15, 0.2) is 65.9 Å². The van der Waals surface area contributed by atoms with Gasteiger partial charge in [-0.1, -0.05) is 32.9 Å². The minimum absolute atomic E-state index is 0.0275. The second-order valence-corrected chi connectivity index (χ2v) is 9.32. The lowest BCUT2D eigenvalue weighted by Gasteiger charge is -2.35. The van der Waals surface area contributed by atoms with Gasteiger partial charge >= 0.3 is 12.0 Å². The van der Waals surface area contributed by atoms with Gasteiger partial charge < -0.3 is 15.4 Å². The Hall–Kier alpha value is -4.47. The van der Waals surface area contributed by atoms with Crippen molar-refractivity contribution in [1.29, 1.82) is 0 Å². The number of rotatable bonds is 10. The summed E-state index contributed by atoms with van der Waals surface area (Å²) in [5.41, 5.74) is 2.74. The van der Waals surface area contributed by atoms with Crippen LogP contribution < -0.4 is 10.6 Å². The standard InChI is InChI=1S/C28H32N4O6/c1-5-16-31-19(4)25(27(34)38-17-18(2)3)26(30-28(31)35)21-9-11-22(12-10-21)29-24(33)15-8-20-6-13-23(14-7-20)32(36)37/h6-15,18,26H,5,16-17H2,1-4H3,(H,29,33)(H,30,35). The number of anilines is 1. The maximum absolute atomic E-state index is 13.1. The second-order valence-electron chi connectivity index (χ2n) is 9.32. The number of non-ortho nitro benzene ring substituents is 1. The molecule has 1 atom stereocenters. The van der Waals surface area contributed by atoms with E-state index in [0.717, 1.165) is 6.42 Å². The number of carbonyl (C=O) groups is 3. The highest BCUT2D eigenvalue weighted by molar-refractivity contribution is 6.02. The molecule has 2 aromatic rings. The summed E-state index contributed by atoms with van der Waals surface area (Å²) in [6.07, 6.45) is 3.61. The lowest BCUT2D eigenvalue weighted by molar-refractivity contribution is -0.384. The molecule has 38 heavy (non-hydrogen) atoms. The van der Waals surface area contributed by atoms with Gasteiger partial charge in [-0.3, -0.25) is 19.8 Å². The fourth-order valence-electron chi connectivity index (χ4n) is 3.93. The second kappa shape index (κ2) is 12.7. The molecule has 1 aliphatic rings. The van der Waals surface area contributed by atoms with E-state index in [9.17, 15) is 24.5 Å². The van der Waals surface area contributed by atoms with Gasteiger partial charge in [0.05, 0.1) is 23.1 Å². The lowest BCUT2D eigenvalue weighted by atomic mass is 9.94. The van der Waals surface area contributed by atoms with Gasteiger partial charge in [0, 0.05) is 36.1 Å². The zero-order chi connectivity index (χ0) is 27.8. The van der Waals surface area contributed by atoms with Gasteiger partial charge in [0.15, 0.2) is 0 Å². The average Bonchev–Trinajstić information content (AvgIpc) is 2.89. The molecule has 1 heterocycles. The summed E-state index contributed by atoms with van der Waals surface area (Å²) in [7, 11) is 0. The minimum atomic E-state index is -0.693. The van der Waals surface area contributed by atoms with Gasteiger partial charge in [0.25, 0.3) is 5.69 Å². The highest BCUT2D eigenvalue weighted by atomic mass is 16.6. The number of nitro groups is 1. The number of ether oxygens (including phenoxy) is 1. The van der Waals surface area contributed by atoms with Crippen LogP contribution in [0.5, 0.6) is 0 Å². The molecule has 0 spiro atoms. The average molecular weight is 521 g/mol. The first-order chi connectivity index (χ1) is 18.1. The number of urea groups is 1. The molecule has 2 aromatic carbocycles. The fraction of sp³-hybridized carbons (Fsp3) is 0.321. The number of carbonyl (C=O) groups excluding carboxylic acids is 3. The fourth-order valence-corrected chi connectivity index (χ4v) is 3.93. The van der Waals surface area contributed by atoms with Gasteiger partial charge in [-0.15, -0.1) is 0 Å². The van der Waals surface area contributed by atoms with Crippen LogP contribution in [0, 0.1) is 16.0 Å². The first-order valence-corrected chi connectivity index (χ1v) is 12.4. The van der Waals surface area contributed by atoms with Gasteiger partial charge in [0.1, 0.15) is 0 Å². The number of hydrogen-bond donors (Lipinski definition) is 2. The molecule has 3 rings (SSSR count). The smallest absolute Gasteiger partial charge is 0.338 e. The minimum Gasteiger partial charge on any atom is -0.462 e. The predicted molar refractivity (Wildman–Crippen MR) is 144 cm³/mol. The van der Waals surface area contributed by atoms with E-state index in [1.165, 1.54) is 18.2 Å². The molecule has 10 heteroatoms. The van der Waals surface area contributed by atoms with E-state index in [2.05, 4.69) is 10.6 Å². The molecular weight excluding hydrogens is 488 g/mol. The third kappa shape index (κ3) is 7.06. The number of esters is 1. The van der Waals surface area contributed by atoms with E-state index >= 15 is 0 Å². The Labute approximate surface area is 221 Å². The Morgan fingerprint density at radius 2 is 1.82 bits per heavy atom. The van der Waals surface area contributed by atoms with Gasteiger partial charge in [-0.05, 0) is 60.7 Å². The van der Waals surface area contributed by atoms with Crippen LogP contribution in [0.25, 0.3) is 6.08 Å². The number of nitrogens with zero attached hydrogens (tertiary/aromatic N) is 2. The Bertz CT molecular complexity index is 1250. The monoisotopic (exact) mass is 520 g/mol. The number of hydrogen-bond acceptors (Lipinski definition) is 6. The Morgan fingerprint density at radius 1 is 1.16 bits per heavy atom. The van der Waals surface area contributed by atoms with Crippen molar-refractivity contribution in [3.63, 3.8) is 0 Å². The quantitative estimate of drug-likeness (QED) is 0.192. The van der Waals surface area contributed by atoms with Crippen LogP contribution in [0.4, 0.5) is 16.2 Å². The van der Waals surface area contributed by atoms with Crippen LogP contribution in [-0.4, -0.2) is 40.9 Å². The summed E-state index contributed by atoms with van der Waals surface area (Å²) in [4.78, 5) is 50.0. The van der Waals surface area contributed by atoms with Crippen molar-refractivity contribution in [2.75, 3.05) is 18.5 Å². The van der Waals surface area contributed by atoms with Crippen molar-refractivity contribution in [3.05, 3.63) is 87.1 Å². The van der Waals surface area contributed by atoms with E-state index in [1.807, 2.05) is 20.8 Å². The molecule has 0 fully saturated rings. The van der Waals surface area contributed by atoms with Crippen LogP contribution in [0.1, 0.15) is 51.3 Å². The molecular formula is C28H32N4O6. The van der Waals surface area contributed by atoms with Crippen molar-refractivity contribution in [2.24, 2.45) is 5.92 Å². The van der Waals surface area contributed by atoms with Crippen molar-refractivity contribution in [2.45, 2.75) is 40.2 Å². The maximum Gasteiger partial charge on any atom is 0.338 e. The number of benzene rings is 2. The molecule has 10 nitrogen and oxygen atoms in total. The van der Waals surface area contributed by atoms with E-state index in [1.54, 1.807) is 54.3 Å². The third-order valence-electron chi connectivity index (χ3n) is 5.85. The Balaban J connectivity index is 1.76. The number of nitro benzene ring substituents is 1. The molecule has 1 aliphatic heterocycles. The number of allylic oxidation sites excluding steroid dienone is 1. The summed E-state index contributed by atoms with van der Waals surface area (Å²) in [5, 5.41) is 16.4.